The monoisotopic (exact) mass is 644 g/mol. The predicted molar refractivity (Wildman–Crippen MR) is 177 cm³/mol. The van der Waals surface area contributed by atoms with Crippen LogP contribution in [0.15, 0.2) is 46.9 Å². The van der Waals surface area contributed by atoms with Gasteiger partial charge in [0.15, 0.2) is 23.9 Å². The summed E-state index contributed by atoms with van der Waals surface area (Å²) in [4.78, 5) is 31.1. The van der Waals surface area contributed by atoms with Gasteiger partial charge in [-0.1, -0.05) is 71.5 Å². The summed E-state index contributed by atoms with van der Waals surface area (Å²) >= 11 is 2.75. The Morgan fingerprint density at radius 2 is 1.52 bits per heavy atom. The topological polar surface area (TPSA) is 90.7 Å². The molecule has 1 aliphatic heterocycles. The summed E-state index contributed by atoms with van der Waals surface area (Å²) in [5.41, 5.74) is 1.64. The summed E-state index contributed by atoms with van der Waals surface area (Å²) in [6, 6.07) is 14.1. The van der Waals surface area contributed by atoms with Gasteiger partial charge in [0.05, 0.1) is 5.25 Å². The lowest BCUT2D eigenvalue weighted by Gasteiger charge is -2.43. The molecule has 228 valence electrons. The second-order valence-corrected chi connectivity index (χ2v) is 22.2. The molecule has 0 bridgehead atoms. The lowest BCUT2D eigenvalue weighted by molar-refractivity contribution is -0.142. The fourth-order valence-corrected chi connectivity index (χ4v) is 8.96. The average Bonchev–Trinajstić information content (AvgIpc) is 3.60. The molecule has 0 radical (unpaired) electrons. The number of carbonyl (C=O) groups is 2. The van der Waals surface area contributed by atoms with Crippen LogP contribution in [0.1, 0.15) is 69.2 Å². The fraction of sp³-hybridized carbons (Fsp3) is 0.516. The average molecular weight is 645 g/mol. The molecular weight excluding hydrogens is 601 g/mol. The van der Waals surface area contributed by atoms with E-state index in [2.05, 4.69) is 72.1 Å². The van der Waals surface area contributed by atoms with Crippen LogP contribution in [0.2, 0.25) is 23.2 Å². The van der Waals surface area contributed by atoms with Gasteiger partial charge >= 0.3 is 0 Å². The van der Waals surface area contributed by atoms with Gasteiger partial charge in [-0.05, 0) is 60.8 Å². The molecule has 3 aromatic rings. The number of thiophene rings is 1. The molecule has 1 aromatic carbocycles. The molecule has 0 saturated carbocycles. The number of imide groups is 1. The Morgan fingerprint density at radius 1 is 0.929 bits per heavy atom. The lowest BCUT2D eigenvalue weighted by atomic mass is 10.1. The number of oxazole rings is 1. The van der Waals surface area contributed by atoms with E-state index in [0.717, 1.165) is 34.3 Å². The lowest BCUT2D eigenvalue weighted by Crippen LogP contribution is -2.47. The third-order valence-corrected chi connectivity index (χ3v) is 16.4. The molecule has 3 atom stereocenters. The van der Waals surface area contributed by atoms with Crippen LogP contribution in [0.4, 0.5) is 4.79 Å². The molecule has 1 fully saturated rings. The van der Waals surface area contributed by atoms with Gasteiger partial charge in [-0.2, -0.15) is 0 Å². The molecule has 1 N–H and O–H groups in total. The molecule has 1 aliphatic rings. The summed E-state index contributed by atoms with van der Waals surface area (Å²) in [5.74, 6) is 0.0182. The summed E-state index contributed by atoms with van der Waals surface area (Å²) in [6.45, 7) is 19.8. The van der Waals surface area contributed by atoms with Crippen molar-refractivity contribution in [2.45, 2.75) is 102 Å². The standard InChI is InChI=1S/C31H44N2O5S2Si2/c1-20-25(32-27(36-20)21-13-11-10-12-14-21)31(37-41(8)29(2,3)4,38-42(9)30(5,6)7)18-17-22-15-16-23(39-22)19-24-26(34)33-28(35)40-24/h10-16,24,41-42H,17-19H2,1-9H3,(H,33,34,35). The highest BCUT2D eigenvalue weighted by atomic mass is 32.2. The van der Waals surface area contributed by atoms with Crippen LogP contribution >= 0.6 is 23.1 Å². The zero-order chi connectivity index (χ0) is 30.9. The van der Waals surface area contributed by atoms with Crippen LogP contribution in [0.25, 0.3) is 11.5 Å². The SMILES string of the molecule is Cc1oc(-c2ccccc2)nc1C(CCc1ccc(CC2SC(=O)NC2=O)s1)(O[SiH](C)C(C)(C)C)O[SiH](C)C(C)(C)C. The van der Waals surface area contributed by atoms with Crippen LogP contribution in [-0.2, 0) is 32.3 Å². The van der Waals surface area contributed by atoms with Crippen molar-refractivity contribution in [3.05, 3.63) is 63.7 Å². The highest BCUT2D eigenvalue weighted by Crippen LogP contribution is 2.44. The Balaban J connectivity index is 1.71. The normalized spacial score (nSPS) is 19.0. The molecule has 0 spiro atoms. The summed E-state index contributed by atoms with van der Waals surface area (Å²) < 4.78 is 20.7. The first-order valence-corrected chi connectivity index (χ1v) is 20.7. The summed E-state index contributed by atoms with van der Waals surface area (Å²) in [6.07, 6.45) is 1.85. The van der Waals surface area contributed by atoms with Gasteiger partial charge in [-0.15, -0.1) is 11.3 Å². The first-order chi connectivity index (χ1) is 19.6. The van der Waals surface area contributed by atoms with E-state index < -0.39 is 23.9 Å². The maximum atomic E-state index is 12.1. The van der Waals surface area contributed by atoms with E-state index in [1.165, 1.54) is 4.88 Å². The number of hydrogen-bond acceptors (Lipinski definition) is 8. The minimum Gasteiger partial charge on any atom is -0.441 e. The number of thioether (sulfide) groups is 1. The number of aryl methyl sites for hydroxylation is 2. The molecule has 1 saturated heterocycles. The minimum atomic E-state index is -1.80. The third-order valence-electron chi connectivity index (χ3n) is 7.92. The largest absolute Gasteiger partial charge is 0.441 e. The number of nitrogens with zero attached hydrogens (tertiary/aromatic N) is 1. The second kappa shape index (κ2) is 12.9. The molecule has 3 heterocycles. The molecule has 2 aromatic heterocycles. The maximum Gasteiger partial charge on any atom is 0.286 e. The molecule has 11 heteroatoms. The van der Waals surface area contributed by atoms with Gasteiger partial charge in [0, 0.05) is 28.2 Å². The van der Waals surface area contributed by atoms with E-state index in [1.807, 2.05) is 37.3 Å². The van der Waals surface area contributed by atoms with Crippen molar-refractivity contribution in [3.8, 4) is 11.5 Å². The van der Waals surface area contributed by atoms with E-state index in [4.69, 9.17) is 18.3 Å². The molecular formula is C31H44N2O5S2Si2. The van der Waals surface area contributed by atoms with Gasteiger partial charge in [0.25, 0.3) is 5.24 Å². The molecule has 4 rings (SSSR count). The first-order valence-electron chi connectivity index (χ1n) is 14.6. The van der Waals surface area contributed by atoms with Gasteiger partial charge in [0.1, 0.15) is 11.5 Å². The van der Waals surface area contributed by atoms with Gasteiger partial charge in [-0.3, -0.25) is 14.9 Å². The Bertz CT molecular complexity index is 1370. The highest BCUT2D eigenvalue weighted by Gasteiger charge is 2.46. The van der Waals surface area contributed by atoms with E-state index in [9.17, 15) is 9.59 Å². The van der Waals surface area contributed by atoms with Crippen molar-refractivity contribution in [1.82, 2.24) is 10.3 Å². The fourth-order valence-electron chi connectivity index (χ4n) is 4.42. The Labute approximate surface area is 261 Å². The molecule has 7 nitrogen and oxygen atoms in total. The minimum absolute atomic E-state index is 0.00803. The van der Waals surface area contributed by atoms with Crippen LogP contribution in [0, 0.1) is 6.92 Å². The van der Waals surface area contributed by atoms with Crippen molar-refractivity contribution < 1.29 is 22.9 Å². The summed E-state index contributed by atoms with van der Waals surface area (Å²) in [5, 5.41) is 1.76. The smallest absolute Gasteiger partial charge is 0.286 e. The number of aromatic nitrogens is 1. The Hall–Kier alpha value is -2.03. The molecule has 0 aliphatic carbocycles. The molecule has 42 heavy (non-hydrogen) atoms. The number of benzene rings is 1. The number of nitrogens with one attached hydrogen (secondary N) is 1. The molecule has 2 amide bonds. The van der Waals surface area contributed by atoms with Gasteiger partial charge in [-0.25, -0.2) is 4.98 Å². The van der Waals surface area contributed by atoms with E-state index in [0.29, 0.717) is 24.5 Å². The van der Waals surface area contributed by atoms with Crippen LogP contribution in [0.3, 0.4) is 0 Å². The van der Waals surface area contributed by atoms with Crippen LogP contribution in [0.5, 0.6) is 0 Å². The van der Waals surface area contributed by atoms with Gasteiger partial charge in [0.2, 0.25) is 11.8 Å². The highest BCUT2D eigenvalue weighted by molar-refractivity contribution is 8.15. The predicted octanol–water partition coefficient (Wildman–Crippen LogP) is 7.73. The van der Waals surface area contributed by atoms with Crippen molar-refractivity contribution in [2.75, 3.05) is 0 Å². The maximum absolute atomic E-state index is 12.1. The number of carbonyl (C=O) groups excluding carboxylic acids is 2. The van der Waals surface area contributed by atoms with Crippen LogP contribution < -0.4 is 5.32 Å². The van der Waals surface area contributed by atoms with Crippen molar-refractivity contribution >= 4 is 52.3 Å². The van der Waals surface area contributed by atoms with Crippen LogP contribution in [-0.4, -0.2) is 39.5 Å². The number of hydrogen-bond donors (Lipinski definition) is 1. The Morgan fingerprint density at radius 3 is 2.07 bits per heavy atom. The summed E-state index contributed by atoms with van der Waals surface area (Å²) in [7, 11) is -3.60. The Kier molecular flexibility index (Phi) is 10.1. The zero-order valence-corrected chi connectivity index (χ0v) is 30.1. The third kappa shape index (κ3) is 7.92. The van der Waals surface area contributed by atoms with Crippen molar-refractivity contribution in [2.24, 2.45) is 0 Å². The zero-order valence-electron chi connectivity index (χ0n) is 26.2. The number of rotatable bonds is 11. The number of amides is 2. The van der Waals surface area contributed by atoms with E-state index in [1.54, 1.807) is 11.3 Å². The second-order valence-electron chi connectivity index (χ2n) is 13.3. The van der Waals surface area contributed by atoms with Crippen molar-refractivity contribution in [3.63, 3.8) is 0 Å². The van der Waals surface area contributed by atoms with Crippen molar-refractivity contribution in [1.29, 1.82) is 0 Å². The first kappa shape index (κ1) is 32.9. The quantitative estimate of drug-likeness (QED) is 0.169. The van der Waals surface area contributed by atoms with Gasteiger partial charge < -0.3 is 13.3 Å². The van der Waals surface area contributed by atoms with E-state index >= 15 is 0 Å². The van der Waals surface area contributed by atoms with E-state index in [-0.39, 0.29) is 26.5 Å². The molecule has 3 unspecified atom stereocenters.